The molecule has 466 valence electrons. The van der Waals surface area contributed by atoms with E-state index >= 15 is 8.78 Å². The Morgan fingerprint density at radius 2 is 1.00 bits per heavy atom. The molecule has 1 aliphatic rings. The van der Waals surface area contributed by atoms with E-state index in [4.69, 9.17) is 18.8 Å². The minimum Gasteiger partial charge on any atom is -0.461 e. The molecule has 0 atom stereocenters. The SMILES string of the molecule is CC(=O)OCc1c(-c2cc([Si](C)(C)C)c(=O)n(C)n2)cccc1-n1ncc2cc(C(C)(C)C)cc(F)c2c1=O.CC(=O)OCc1c(B2OC(C)(C)C(C)(C)O2)cccc1-n1ncc2cc(C(C)(C)C)cc(F)c2c1=O.Cc1cc([Si](C)(C)C)c(=O)n(C)n1. The first-order valence-electron chi connectivity index (χ1n) is 29.0. The van der Waals surface area contributed by atoms with Gasteiger partial charge in [0, 0.05) is 65.8 Å². The van der Waals surface area contributed by atoms with Crippen LogP contribution in [-0.2, 0) is 66.5 Å². The topological polar surface area (TPSA) is 211 Å². The molecule has 88 heavy (non-hydrogen) atoms. The number of rotatable bonds is 10. The van der Waals surface area contributed by atoms with Crippen LogP contribution in [0.3, 0.4) is 0 Å². The van der Waals surface area contributed by atoms with Crippen LogP contribution in [0.4, 0.5) is 8.78 Å². The second-order valence-corrected chi connectivity index (χ2v) is 37.4. The number of aryl methyl sites for hydroxylation is 3. The van der Waals surface area contributed by atoms with Crippen LogP contribution in [0.15, 0.2) is 104 Å². The van der Waals surface area contributed by atoms with Gasteiger partial charge in [-0.1, -0.05) is 105 Å². The number of hydrogen-bond donors (Lipinski definition) is 0. The molecule has 5 heterocycles. The van der Waals surface area contributed by atoms with Gasteiger partial charge in [0.25, 0.3) is 22.2 Å². The third-order valence-corrected chi connectivity index (χ3v) is 19.6. The summed E-state index contributed by atoms with van der Waals surface area (Å²) in [6.45, 7) is 36.5. The maximum Gasteiger partial charge on any atom is 0.495 e. The maximum absolute atomic E-state index is 15.3. The van der Waals surface area contributed by atoms with Gasteiger partial charge in [0.15, 0.2) is 0 Å². The Morgan fingerprint density at radius 3 is 1.43 bits per heavy atom. The Labute approximate surface area is 514 Å². The zero-order valence-electron chi connectivity index (χ0n) is 54.5. The molecule has 0 saturated carbocycles. The molecule has 0 unspecified atom stereocenters. The van der Waals surface area contributed by atoms with Crippen molar-refractivity contribution in [3.8, 4) is 22.6 Å². The Morgan fingerprint density at radius 1 is 0.591 bits per heavy atom. The van der Waals surface area contributed by atoms with E-state index in [2.05, 4.69) is 59.7 Å². The zero-order valence-corrected chi connectivity index (χ0v) is 56.5. The van der Waals surface area contributed by atoms with E-state index in [9.17, 15) is 28.8 Å². The highest BCUT2D eigenvalue weighted by Crippen LogP contribution is 2.37. The van der Waals surface area contributed by atoms with Gasteiger partial charge in [-0.15, -0.1) is 0 Å². The summed E-state index contributed by atoms with van der Waals surface area (Å²) >= 11 is 0. The highest BCUT2D eigenvalue weighted by atomic mass is 28.3. The Hall–Kier alpha value is -7.86. The zero-order chi connectivity index (χ0) is 65.7. The predicted octanol–water partition coefficient (Wildman–Crippen LogP) is 9.01. The van der Waals surface area contributed by atoms with Gasteiger partial charge >= 0.3 is 19.1 Å². The van der Waals surface area contributed by atoms with E-state index < -0.39 is 69.2 Å². The molecule has 1 saturated heterocycles. The lowest BCUT2D eigenvalue weighted by Crippen LogP contribution is -2.50. The summed E-state index contributed by atoms with van der Waals surface area (Å²) in [4.78, 5) is 75.2. The molecule has 1 aliphatic heterocycles. The molecule has 4 aromatic carbocycles. The van der Waals surface area contributed by atoms with Crippen molar-refractivity contribution in [2.24, 2.45) is 14.1 Å². The van der Waals surface area contributed by atoms with Crippen LogP contribution in [0.1, 0.15) is 111 Å². The van der Waals surface area contributed by atoms with Gasteiger partial charge in [-0.2, -0.15) is 29.8 Å². The first-order chi connectivity index (χ1) is 40.5. The van der Waals surface area contributed by atoms with Crippen LogP contribution in [0, 0.1) is 18.6 Å². The second kappa shape index (κ2) is 25.0. The molecular formula is C65H81BF2N8O10Si2. The highest BCUT2D eigenvalue weighted by molar-refractivity contribution is 6.89. The van der Waals surface area contributed by atoms with E-state index in [-0.39, 0.29) is 45.9 Å². The smallest absolute Gasteiger partial charge is 0.461 e. The fourth-order valence-corrected chi connectivity index (χ4v) is 12.7. The first kappa shape index (κ1) is 67.6. The Kier molecular flexibility index (Phi) is 19.2. The number of carbonyl (C=O) groups excluding carboxylic acids is 2. The molecule has 18 nitrogen and oxygen atoms in total. The van der Waals surface area contributed by atoms with Crippen LogP contribution < -0.4 is 38.1 Å². The number of halogens is 2. The van der Waals surface area contributed by atoms with Crippen molar-refractivity contribution < 1.29 is 37.2 Å². The Bertz CT molecular complexity index is 4290. The molecule has 0 spiro atoms. The van der Waals surface area contributed by atoms with Crippen LogP contribution in [-0.4, -0.2) is 85.5 Å². The third-order valence-electron chi connectivity index (χ3n) is 15.7. The Balaban J connectivity index is 0.000000209. The number of aromatic nitrogens is 8. The predicted molar refractivity (Wildman–Crippen MR) is 347 cm³/mol. The van der Waals surface area contributed by atoms with E-state index in [1.165, 1.54) is 47.7 Å². The molecule has 9 rings (SSSR count). The van der Waals surface area contributed by atoms with E-state index in [1.807, 2.05) is 82.2 Å². The number of benzene rings is 4. The molecule has 8 aromatic rings. The van der Waals surface area contributed by atoms with Crippen molar-refractivity contribution in [2.45, 2.75) is 165 Å². The lowest BCUT2D eigenvalue weighted by atomic mass is 9.75. The summed E-state index contributed by atoms with van der Waals surface area (Å²) in [5, 5.41) is 19.6. The largest absolute Gasteiger partial charge is 0.495 e. The summed E-state index contributed by atoms with van der Waals surface area (Å²) < 4.78 is 58.7. The average Bonchev–Trinajstić information content (AvgIpc) is 2.11. The quantitative estimate of drug-likeness (QED) is 0.0924. The second-order valence-electron chi connectivity index (χ2n) is 27.4. The lowest BCUT2D eigenvalue weighted by molar-refractivity contribution is -0.143. The fourth-order valence-electron chi connectivity index (χ4n) is 9.90. The van der Waals surface area contributed by atoms with Gasteiger partial charge in [0.05, 0.1) is 73.3 Å². The van der Waals surface area contributed by atoms with Crippen molar-refractivity contribution in [1.29, 1.82) is 0 Å². The van der Waals surface area contributed by atoms with E-state index in [0.717, 1.165) is 31.4 Å². The van der Waals surface area contributed by atoms with Crippen LogP contribution >= 0.6 is 0 Å². The number of esters is 2. The number of hydrogen-bond acceptors (Lipinski definition) is 14. The highest BCUT2D eigenvalue weighted by Gasteiger charge is 2.52. The van der Waals surface area contributed by atoms with Crippen molar-refractivity contribution in [3.05, 3.63) is 166 Å². The molecule has 0 N–H and O–H groups in total. The summed E-state index contributed by atoms with van der Waals surface area (Å²) in [7, 11) is -1.01. The maximum atomic E-state index is 15.3. The van der Waals surface area contributed by atoms with Gasteiger partial charge in [-0.3, -0.25) is 28.8 Å². The lowest BCUT2D eigenvalue weighted by Gasteiger charge is -2.32. The number of carbonyl (C=O) groups is 2. The van der Waals surface area contributed by atoms with Crippen molar-refractivity contribution in [3.63, 3.8) is 0 Å². The van der Waals surface area contributed by atoms with Gasteiger partial charge < -0.3 is 18.8 Å². The normalized spacial score (nSPS) is 14.1. The first-order valence-corrected chi connectivity index (χ1v) is 36.0. The third kappa shape index (κ3) is 14.5. The average molecular weight is 1240 g/mol. The van der Waals surface area contributed by atoms with E-state index in [0.29, 0.717) is 55.2 Å². The molecule has 0 bridgehead atoms. The number of nitrogens with zero attached hydrogens (tertiary/aromatic N) is 8. The molecule has 0 aliphatic carbocycles. The molecule has 0 radical (unpaired) electrons. The monoisotopic (exact) mass is 1240 g/mol. The van der Waals surface area contributed by atoms with Crippen LogP contribution in [0.2, 0.25) is 39.3 Å². The van der Waals surface area contributed by atoms with Gasteiger partial charge in [-0.05, 0) is 111 Å². The van der Waals surface area contributed by atoms with Crippen LogP contribution in [0.5, 0.6) is 0 Å². The fraction of sp³-hybridized carbons (Fsp3) is 0.415. The van der Waals surface area contributed by atoms with Gasteiger partial charge in [0.2, 0.25) is 0 Å². The molecule has 1 fully saturated rings. The summed E-state index contributed by atoms with van der Waals surface area (Å²) in [5.74, 6) is -2.23. The summed E-state index contributed by atoms with van der Waals surface area (Å²) in [5.41, 5.74) is 2.59. The molecular weight excluding hydrogens is 1160 g/mol. The van der Waals surface area contributed by atoms with Crippen molar-refractivity contribution in [1.82, 2.24) is 39.1 Å². The van der Waals surface area contributed by atoms with Crippen molar-refractivity contribution in [2.75, 3.05) is 0 Å². The minimum atomic E-state index is -2.04. The number of fused-ring (bicyclic) bond motifs is 2. The molecule has 23 heteroatoms. The van der Waals surface area contributed by atoms with Crippen LogP contribution in [0.25, 0.3) is 44.2 Å². The van der Waals surface area contributed by atoms with Gasteiger partial charge in [-0.25, -0.2) is 18.1 Å². The summed E-state index contributed by atoms with van der Waals surface area (Å²) in [6, 6.07) is 20.4. The standard InChI is InChI=1S/C29H33FN4O4Si.C27H32BFN2O5.C9H16N2OSi/c1-17(35)38-16-21-20(23-14-25(39(6,7)8)27(36)33(5)32-23)10-9-11-24(21)34-28(37)26-18(15-31-34)12-19(13-22(26)30)29(2,3)4;1-16(32)34-15-19-20(28-35-26(5,6)27(7,8)36-28)10-9-11-22(19)31-24(33)23-17(14-30-31)12-18(13-21(23)29)25(2,3)4;1-7-6-8(13(3,4)5)9(12)11(2)10-7/h9-15H,16H2,1-8H3;9-14H,15H2,1-8H3;6H,1-5H3. The van der Waals surface area contributed by atoms with Crippen molar-refractivity contribution >= 4 is 72.6 Å². The summed E-state index contributed by atoms with van der Waals surface area (Å²) in [6.07, 6.45) is 2.94. The molecule has 0 amide bonds. The molecule has 4 aromatic heterocycles. The number of ether oxygens (including phenoxy) is 2. The minimum absolute atomic E-state index is 0.0579. The van der Waals surface area contributed by atoms with Gasteiger partial charge in [0.1, 0.15) is 24.8 Å². The van der Waals surface area contributed by atoms with E-state index in [1.54, 1.807) is 68.7 Å².